The Kier molecular flexibility index (Phi) is 3.98. The van der Waals surface area contributed by atoms with Gasteiger partial charge in [-0.25, -0.2) is 9.97 Å². The van der Waals surface area contributed by atoms with Crippen molar-refractivity contribution < 1.29 is 4.79 Å². The molecular weight excluding hydrogens is 336 g/mol. The molecule has 1 saturated heterocycles. The molecule has 0 bridgehead atoms. The summed E-state index contributed by atoms with van der Waals surface area (Å²) in [6.07, 6.45) is 5.80. The molecule has 3 heterocycles. The molecule has 1 aliphatic heterocycles. The molecule has 1 N–H and O–H groups in total. The highest BCUT2D eigenvalue weighted by molar-refractivity contribution is 7.22. The zero-order valence-electron chi connectivity index (χ0n) is 13.5. The number of carbonyl (C=O) groups is 1. The van der Waals surface area contributed by atoms with E-state index in [1.54, 1.807) is 12.3 Å². The van der Waals surface area contributed by atoms with Crippen molar-refractivity contribution >= 4 is 38.4 Å². The van der Waals surface area contributed by atoms with Crippen molar-refractivity contribution in [2.75, 3.05) is 10.2 Å². The van der Waals surface area contributed by atoms with Gasteiger partial charge in [0.2, 0.25) is 5.91 Å². The number of carbonyl (C=O) groups excluding carboxylic acids is 1. The van der Waals surface area contributed by atoms with Crippen LogP contribution in [-0.2, 0) is 4.79 Å². The van der Waals surface area contributed by atoms with Crippen molar-refractivity contribution in [3.8, 4) is 12.1 Å². The number of anilines is 2. The quantitative estimate of drug-likeness (QED) is 0.910. The van der Waals surface area contributed by atoms with Gasteiger partial charge in [0.1, 0.15) is 12.1 Å². The van der Waals surface area contributed by atoms with E-state index in [1.165, 1.54) is 11.3 Å². The van der Waals surface area contributed by atoms with E-state index >= 15 is 0 Å². The third-order valence-corrected chi connectivity index (χ3v) is 5.72. The van der Waals surface area contributed by atoms with Crippen LogP contribution >= 0.6 is 11.3 Å². The van der Waals surface area contributed by atoms with E-state index in [1.807, 2.05) is 4.90 Å². The minimum Gasteiger partial charge on any atom is -0.316 e. The van der Waals surface area contributed by atoms with Crippen molar-refractivity contribution in [3.05, 3.63) is 12.3 Å². The van der Waals surface area contributed by atoms with Crippen LogP contribution in [0.25, 0.3) is 10.2 Å². The number of hydrogen-bond donors (Lipinski definition) is 1. The number of piperidine rings is 1. The lowest BCUT2D eigenvalue weighted by atomic mass is 9.98. The highest BCUT2D eigenvalue weighted by Gasteiger charge is 2.34. The third-order valence-electron chi connectivity index (χ3n) is 4.63. The average molecular weight is 352 g/mol. The highest BCUT2D eigenvalue weighted by Crippen LogP contribution is 2.38. The van der Waals surface area contributed by atoms with Crippen LogP contribution in [0.3, 0.4) is 0 Å². The molecule has 0 radical (unpaired) electrons. The average Bonchev–Trinajstić information content (AvgIpc) is 3.40. The minimum atomic E-state index is -0.351. The number of nitrogens with zero attached hydrogens (tertiary/aromatic N) is 5. The maximum Gasteiger partial charge on any atom is 0.228 e. The molecule has 0 aromatic carbocycles. The second kappa shape index (κ2) is 6.30. The van der Waals surface area contributed by atoms with Crippen molar-refractivity contribution in [2.45, 2.75) is 44.2 Å². The molecule has 126 valence electrons. The molecule has 4 rings (SSSR count). The van der Waals surface area contributed by atoms with E-state index in [2.05, 4.69) is 27.4 Å². The summed E-state index contributed by atoms with van der Waals surface area (Å²) in [7, 11) is 0. The normalized spacial score (nSPS) is 23.0. The molecule has 2 fully saturated rings. The van der Waals surface area contributed by atoms with E-state index in [4.69, 9.17) is 0 Å². The fraction of sp³-hybridized carbons (Fsp3) is 0.471. The summed E-state index contributed by atoms with van der Waals surface area (Å²) in [5.41, 5.74) is 0.722. The van der Waals surface area contributed by atoms with Gasteiger partial charge in [-0.2, -0.15) is 10.5 Å². The molecule has 2 aromatic rings. The Hall–Kier alpha value is -2.71. The van der Waals surface area contributed by atoms with Gasteiger partial charge >= 0.3 is 0 Å². The number of nitriles is 2. The first kappa shape index (κ1) is 15.8. The van der Waals surface area contributed by atoms with Crippen LogP contribution in [-0.4, -0.2) is 28.0 Å². The Morgan fingerprint density at radius 1 is 1.24 bits per heavy atom. The number of amides is 1. The summed E-state index contributed by atoms with van der Waals surface area (Å²) < 4.78 is 0.783. The number of hydrogen-bond acceptors (Lipinski definition) is 7. The summed E-state index contributed by atoms with van der Waals surface area (Å²) in [6, 6.07) is 5.66. The fourth-order valence-electron chi connectivity index (χ4n) is 3.13. The minimum absolute atomic E-state index is 0.00211. The lowest BCUT2D eigenvalue weighted by molar-refractivity contribution is -0.117. The molecule has 0 spiro atoms. The van der Waals surface area contributed by atoms with Gasteiger partial charge in [-0.15, -0.1) is 0 Å². The monoisotopic (exact) mass is 352 g/mol. The van der Waals surface area contributed by atoms with Gasteiger partial charge in [-0.1, -0.05) is 11.3 Å². The van der Waals surface area contributed by atoms with Crippen molar-refractivity contribution in [2.24, 2.45) is 5.92 Å². The van der Waals surface area contributed by atoms with Crippen LogP contribution in [0.4, 0.5) is 10.9 Å². The van der Waals surface area contributed by atoms with Crippen LogP contribution in [0.5, 0.6) is 0 Å². The van der Waals surface area contributed by atoms with E-state index in [-0.39, 0.29) is 23.9 Å². The van der Waals surface area contributed by atoms with Gasteiger partial charge in [-0.3, -0.25) is 4.79 Å². The Balaban J connectivity index is 1.71. The molecule has 25 heavy (non-hydrogen) atoms. The zero-order chi connectivity index (χ0) is 17.4. The number of aromatic nitrogens is 2. The van der Waals surface area contributed by atoms with Crippen molar-refractivity contribution in [3.63, 3.8) is 0 Å². The molecule has 1 aliphatic carbocycles. The standard InChI is InChI=1S/C17H16N6OS/c18-8-11-2-1-3-12(9-19)23(11)17-21-13-6-7-20-15(14(13)25-17)22-16(24)10-4-5-10/h6-7,10-12H,1-5H2,(H,20,22,24). The van der Waals surface area contributed by atoms with Gasteiger partial charge in [0.05, 0.1) is 22.4 Å². The topological polar surface area (TPSA) is 106 Å². The lowest BCUT2D eigenvalue weighted by Gasteiger charge is -2.35. The van der Waals surface area contributed by atoms with E-state index in [0.29, 0.717) is 10.9 Å². The molecule has 2 atom stereocenters. The SMILES string of the molecule is N#CC1CCCC(C#N)N1c1nc2ccnc(NC(=O)C3CC3)c2s1. The number of nitrogens with one attached hydrogen (secondary N) is 1. The van der Waals surface area contributed by atoms with Gasteiger partial charge in [0, 0.05) is 12.1 Å². The van der Waals surface area contributed by atoms with E-state index < -0.39 is 0 Å². The van der Waals surface area contributed by atoms with Crippen LogP contribution in [0.2, 0.25) is 0 Å². The Bertz CT molecular complexity index is 884. The Labute approximate surface area is 148 Å². The van der Waals surface area contributed by atoms with E-state index in [0.717, 1.165) is 42.3 Å². The van der Waals surface area contributed by atoms with Crippen molar-refractivity contribution in [1.82, 2.24) is 9.97 Å². The van der Waals surface area contributed by atoms with Gasteiger partial charge in [0.15, 0.2) is 10.9 Å². The predicted octanol–water partition coefficient (Wildman–Crippen LogP) is 2.81. The summed E-state index contributed by atoms with van der Waals surface area (Å²) in [5, 5.41) is 22.4. The lowest BCUT2D eigenvalue weighted by Crippen LogP contribution is -2.45. The second-order valence-electron chi connectivity index (χ2n) is 6.40. The maximum absolute atomic E-state index is 12.1. The fourth-order valence-corrected chi connectivity index (χ4v) is 4.23. The molecule has 7 nitrogen and oxygen atoms in total. The van der Waals surface area contributed by atoms with Gasteiger partial charge < -0.3 is 10.2 Å². The van der Waals surface area contributed by atoms with E-state index in [9.17, 15) is 15.3 Å². The first-order valence-electron chi connectivity index (χ1n) is 8.35. The van der Waals surface area contributed by atoms with Crippen LogP contribution < -0.4 is 10.2 Å². The largest absolute Gasteiger partial charge is 0.316 e. The van der Waals surface area contributed by atoms with Gasteiger partial charge in [-0.05, 0) is 38.2 Å². The summed E-state index contributed by atoms with van der Waals surface area (Å²) in [4.78, 5) is 22.8. The number of pyridine rings is 1. The molecule has 2 aliphatic rings. The number of rotatable bonds is 3. The van der Waals surface area contributed by atoms with Crippen LogP contribution in [0.1, 0.15) is 32.1 Å². The smallest absolute Gasteiger partial charge is 0.228 e. The second-order valence-corrected chi connectivity index (χ2v) is 7.37. The predicted molar refractivity (Wildman–Crippen MR) is 93.9 cm³/mol. The van der Waals surface area contributed by atoms with Crippen LogP contribution in [0.15, 0.2) is 12.3 Å². The first-order valence-corrected chi connectivity index (χ1v) is 9.17. The molecule has 8 heteroatoms. The van der Waals surface area contributed by atoms with Crippen LogP contribution in [0, 0.1) is 28.6 Å². The summed E-state index contributed by atoms with van der Waals surface area (Å²) in [5.74, 6) is 0.604. The summed E-state index contributed by atoms with van der Waals surface area (Å²) >= 11 is 1.38. The Morgan fingerprint density at radius 2 is 1.96 bits per heavy atom. The van der Waals surface area contributed by atoms with Crippen molar-refractivity contribution in [1.29, 1.82) is 10.5 Å². The Morgan fingerprint density at radius 3 is 2.60 bits per heavy atom. The molecule has 1 amide bonds. The zero-order valence-corrected chi connectivity index (χ0v) is 14.3. The number of thiazole rings is 1. The summed E-state index contributed by atoms with van der Waals surface area (Å²) in [6.45, 7) is 0. The third kappa shape index (κ3) is 2.90. The molecule has 1 saturated carbocycles. The molecule has 2 unspecified atom stereocenters. The highest BCUT2D eigenvalue weighted by atomic mass is 32.1. The van der Waals surface area contributed by atoms with Gasteiger partial charge in [0.25, 0.3) is 0 Å². The number of fused-ring (bicyclic) bond motifs is 1. The first-order chi connectivity index (χ1) is 12.2. The molecule has 2 aromatic heterocycles. The maximum atomic E-state index is 12.1. The molecular formula is C17H16N6OS.